The summed E-state index contributed by atoms with van der Waals surface area (Å²) in [5.41, 5.74) is 2.72. The number of rotatable bonds is 7. The molecular weight excluding hydrogens is 424 g/mol. The lowest BCUT2D eigenvalue weighted by atomic mass is 10.1. The van der Waals surface area contributed by atoms with Crippen LogP contribution in [0.5, 0.6) is 5.75 Å². The van der Waals surface area contributed by atoms with E-state index in [9.17, 15) is 5.11 Å². The molecule has 0 atom stereocenters. The summed E-state index contributed by atoms with van der Waals surface area (Å²) < 4.78 is 8.68. The van der Waals surface area contributed by atoms with E-state index in [-0.39, 0.29) is 6.61 Å². The fourth-order valence-corrected chi connectivity index (χ4v) is 10.3. The molecule has 0 aromatic heterocycles. The van der Waals surface area contributed by atoms with Crippen LogP contribution in [0.3, 0.4) is 0 Å². The highest BCUT2D eigenvalue weighted by molar-refractivity contribution is 9.11. The van der Waals surface area contributed by atoms with Gasteiger partial charge in [-0.05, 0) is 40.7 Å². The van der Waals surface area contributed by atoms with E-state index in [2.05, 4.69) is 73.4 Å². The van der Waals surface area contributed by atoms with Gasteiger partial charge >= 0.3 is 0 Å². The van der Waals surface area contributed by atoms with E-state index in [0.717, 1.165) is 20.3 Å². The van der Waals surface area contributed by atoms with Crippen molar-refractivity contribution in [1.29, 1.82) is 0 Å². The van der Waals surface area contributed by atoms with Gasteiger partial charge < -0.3 is 9.53 Å². The molecular formula is C17H28Br2O2Si. The number of aliphatic hydroxyl groups excluding tert-OH is 1. The molecule has 0 aliphatic rings. The maximum Gasteiger partial charge on any atom is 0.258 e. The molecule has 1 N–H and O–H groups in total. The lowest BCUT2D eigenvalue weighted by molar-refractivity contribution is 0.299. The zero-order chi connectivity index (χ0) is 17.1. The van der Waals surface area contributed by atoms with Crippen molar-refractivity contribution in [1.82, 2.24) is 0 Å². The molecule has 0 bridgehead atoms. The van der Waals surface area contributed by atoms with Gasteiger partial charge in [0.25, 0.3) is 8.32 Å². The van der Waals surface area contributed by atoms with Crippen LogP contribution in [0.25, 0.3) is 0 Å². The minimum Gasteiger partial charge on any atom is -0.543 e. The van der Waals surface area contributed by atoms with Crippen LogP contribution < -0.4 is 4.43 Å². The van der Waals surface area contributed by atoms with Crippen molar-refractivity contribution in [2.75, 3.05) is 6.61 Å². The third-order valence-corrected chi connectivity index (χ3v) is 11.9. The molecule has 0 unspecified atom stereocenters. The molecule has 0 spiro atoms. The van der Waals surface area contributed by atoms with E-state index < -0.39 is 8.32 Å². The third kappa shape index (κ3) is 4.16. The standard InChI is InChI=1S/C17H28Br2O2Si/c1-11(2)22(12(3)4,13(5)6)21-14-9-16(18)15(7-8-20)17(19)10-14/h9-13,20H,7-8H2,1-6H3. The first-order valence-electron chi connectivity index (χ1n) is 7.94. The average Bonchev–Trinajstić information content (AvgIpc) is 2.38. The summed E-state index contributed by atoms with van der Waals surface area (Å²) in [6.07, 6.45) is 0.628. The molecule has 0 aliphatic carbocycles. The second-order valence-corrected chi connectivity index (χ2v) is 13.8. The Kier molecular flexibility index (Phi) is 7.63. The molecule has 126 valence electrons. The third-order valence-electron chi connectivity index (χ3n) is 4.48. The van der Waals surface area contributed by atoms with Gasteiger partial charge in [0.2, 0.25) is 0 Å². The lowest BCUT2D eigenvalue weighted by Gasteiger charge is -2.42. The summed E-state index contributed by atoms with van der Waals surface area (Å²) in [6.45, 7) is 13.9. The monoisotopic (exact) mass is 450 g/mol. The highest BCUT2D eigenvalue weighted by atomic mass is 79.9. The van der Waals surface area contributed by atoms with E-state index >= 15 is 0 Å². The molecule has 0 fully saturated rings. The van der Waals surface area contributed by atoms with Gasteiger partial charge in [-0.2, -0.15) is 0 Å². The molecule has 1 aromatic rings. The van der Waals surface area contributed by atoms with E-state index in [0.29, 0.717) is 23.0 Å². The molecule has 1 rings (SSSR count). The van der Waals surface area contributed by atoms with Crippen LogP contribution in [0.15, 0.2) is 21.1 Å². The molecule has 1 aromatic carbocycles. The topological polar surface area (TPSA) is 29.5 Å². The normalized spacial score (nSPS) is 12.5. The van der Waals surface area contributed by atoms with E-state index in [1.165, 1.54) is 0 Å². The SMILES string of the molecule is CC(C)[Si](Oc1cc(Br)c(CCO)c(Br)c1)(C(C)C)C(C)C. The fraction of sp³-hybridized carbons (Fsp3) is 0.647. The minimum atomic E-state index is -1.94. The average molecular weight is 452 g/mol. The summed E-state index contributed by atoms with van der Waals surface area (Å²) in [5.74, 6) is 0.920. The molecule has 0 amide bonds. The van der Waals surface area contributed by atoms with Gasteiger partial charge in [0, 0.05) is 15.6 Å². The van der Waals surface area contributed by atoms with E-state index in [1.807, 2.05) is 12.1 Å². The number of hydrogen-bond donors (Lipinski definition) is 1. The predicted octanol–water partition coefficient (Wildman–Crippen LogP) is 6.30. The van der Waals surface area contributed by atoms with Crippen LogP contribution >= 0.6 is 31.9 Å². The van der Waals surface area contributed by atoms with E-state index in [4.69, 9.17) is 4.43 Å². The second kappa shape index (κ2) is 8.31. The van der Waals surface area contributed by atoms with Crippen LogP contribution in [-0.4, -0.2) is 20.0 Å². The van der Waals surface area contributed by atoms with Crippen LogP contribution in [0.2, 0.25) is 16.6 Å². The van der Waals surface area contributed by atoms with Crippen molar-refractivity contribution < 1.29 is 9.53 Å². The first kappa shape index (κ1) is 20.2. The predicted molar refractivity (Wildman–Crippen MR) is 104 cm³/mol. The highest BCUT2D eigenvalue weighted by Gasteiger charge is 2.47. The Hall–Kier alpha value is 0.157. The molecule has 0 saturated carbocycles. The molecule has 2 nitrogen and oxygen atoms in total. The van der Waals surface area contributed by atoms with Crippen LogP contribution in [0, 0.1) is 0 Å². The second-order valence-electron chi connectivity index (χ2n) is 6.76. The first-order chi connectivity index (χ1) is 10.2. The van der Waals surface area contributed by atoms with Gasteiger partial charge in [-0.1, -0.05) is 73.4 Å². The Morgan fingerprint density at radius 3 is 1.68 bits per heavy atom. The molecule has 0 heterocycles. The number of hydrogen-bond acceptors (Lipinski definition) is 2. The molecule has 0 radical (unpaired) electrons. The Bertz CT molecular complexity index is 457. The van der Waals surface area contributed by atoms with Gasteiger partial charge in [0.05, 0.1) is 0 Å². The summed E-state index contributed by atoms with van der Waals surface area (Å²) >= 11 is 7.22. The van der Waals surface area contributed by atoms with Crippen LogP contribution in [-0.2, 0) is 6.42 Å². The van der Waals surface area contributed by atoms with Gasteiger partial charge in [0.15, 0.2) is 0 Å². The summed E-state index contributed by atoms with van der Waals surface area (Å²) in [4.78, 5) is 0. The van der Waals surface area contributed by atoms with Crippen LogP contribution in [0.1, 0.15) is 47.1 Å². The Balaban J connectivity index is 3.25. The van der Waals surface area contributed by atoms with Gasteiger partial charge in [0.1, 0.15) is 5.75 Å². The van der Waals surface area contributed by atoms with Crippen molar-refractivity contribution in [3.05, 3.63) is 26.6 Å². The zero-order valence-corrected chi connectivity index (χ0v) is 18.6. The van der Waals surface area contributed by atoms with E-state index in [1.54, 1.807) is 0 Å². The first-order valence-corrected chi connectivity index (χ1v) is 11.7. The molecule has 0 aliphatic heterocycles. The Labute approximate surface area is 153 Å². The molecule has 5 heteroatoms. The number of halogens is 2. The lowest BCUT2D eigenvalue weighted by Crippen LogP contribution is -2.50. The molecule has 22 heavy (non-hydrogen) atoms. The highest BCUT2D eigenvalue weighted by Crippen LogP contribution is 2.44. The summed E-state index contributed by atoms with van der Waals surface area (Å²) in [7, 11) is -1.94. The van der Waals surface area contributed by atoms with Crippen molar-refractivity contribution >= 4 is 40.2 Å². The number of aliphatic hydroxyl groups is 1. The smallest absolute Gasteiger partial charge is 0.258 e. The van der Waals surface area contributed by atoms with Crippen LogP contribution in [0.4, 0.5) is 0 Å². The summed E-state index contributed by atoms with van der Waals surface area (Å²) in [5, 5.41) is 9.18. The van der Waals surface area contributed by atoms with Crippen molar-refractivity contribution in [2.24, 2.45) is 0 Å². The summed E-state index contributed by atoms with van der Waals surface area (Å²) in [6, 6.07) is 4.09. The van der Waals surface area contributed by atoms with Gasteiger partial charge in [-0.25, -0.2) is 0 Å². The van der Waals surface area contributed by atoms with Crippen molar-refractivity contribution in [3.8, 4) is 5.75 Å². The minimum absolute atomic E-state index is 0.139. The number of benzene rings is 1. The zero-order valence-electron chi connectivity index (χ0n) is 14.4. The fourth-order valence-electron chi connectivity index (χ4n) is 3.55. The Morgan fingerprint density at radius 2 is 1.36 bits per heavy atom. The molecule has 0 saturated heterocycles. The van der Waals surface area contributed by atoms with Gasteiger partial charge in [-0.15, -0.1) is 0 Å². The van der Waals surface area contributed by atoms with Gasteiger partial charge in [-0.3, -0.25) is 0 Å². The largest absolute Gasteiger partial charge is 0.543 e. The van der Waals surface area contributed by atoms with Crippen molar-refractivity contribution in [3.63, 3.8) is 0 Å². The maximum absolute atomic E-state index is 9.18. The van der Waals surface area contributed by atoms with Crippen molar-refractivity contribution in [2.45, 2.75) is 64.6 Å². The quantitative estimate of drug-likeness (QED) is 0.492. The maximum atomic E-state index is 9.18. The Morgan fingerprint density at radius 1 is 0.955 bits per heavy atom.